The molecule has 3 aromatic rings. The van der Waals surface area contributed by atoms with E-state index >= 15 is 0 Å². The predicted molar refractivity (Wildman–Crippen MR) is 129 cm³/mol. The van der Waals surface area contributed by atoms with Crippen LogP contribution in [0.15, 0.2) is 36.8 Å². The van der Waals surface area contributed by atoms with Crippen LogP contribution in [0.2, 0.25) is 15.1 Å². The molecule has 1 aromatic carbocycles. The van der Waals surface area contributed by atoms with Crippen molar-refractivity contribution in [1.82, 2.24) is 25.0 Å². The molecule has 1 saturated heterocycles. The SMILES string of the molecule is Cn1cc(-c2cnc(N)c(C(=O)N[C@@H]3CCN(C(=O)Nc4c(Cl)cc(Cl)cc4Cl)C3)c2)cn1. The number of aryl methyl sites for hydroxylation is 1. The van der Waals surface area contributed by atoms with Crippen molar-refractivity contribution < 1.29 is 9.59 Å². The topological polar surface area (TPSA) is 118 Å². The minimum absolute atomic E-state index is 0.125. The highest BCUT2D eigenvalue weighted by Crippen LogP contribution is 2.34. The minimum atomic E-state index is -0.377. The van der Waals surface area contributed by atoms with Gasteiger partial charge in [-0.15, -0.1) is 0 Å². The van der Waals surface area contributed by atoms with Crippen LogP contribution in [0.4, 0.5) is 16.3 Å². The number of carbonyl (C=O) groups excluding carboxylic acids is 2. The second-order valence-corrected chi connectivity index (χ2v) is 8.89. The van der Waals surface area contributed by atoms with E-state index in [1.165, 1.54) is 12.1 Å². The molecule has 3 heterocycles. The standard InChI is InChI=1S/C21H20Cl3N7O2/c1-30-9-12(8-27-30)11-4-15(19(25)26-7-11)20(32)28-14-2-3-31(10-14)21(33)29-18-16(23)5-13(22)6-17(18)24/h4-9,14H,2-3,10H2,1H3,(H2,25,26)(H,28,32)(H,29,33)/t14-/m1/s1. The molecule has 0 saturated carbocycles. The molecule has 0 unspecified atom stereocenters. The van der Waals surface area contributed by atoms with Crippen molar-refractivity contribution in [3.63, 3.8) is 0 Å². The average molecular weight is 509 g/mol. The fourth-order valence-electron chi connectivity index (χ4n) is 3.56. The zero-order valence-electron chi connectivity index (χ0n) is 17.5. The fraction of sp³-hybridized carbons (Fsp3) is 0.238. The number of nitrogens with one attached hydrogen (secondary N) is 2. The second-order valence-electron chi connectivity index (χ2n) is 7.64. The second kappa shape index (κ2) is 9.46. The Morgan fingerprint density at radius 2 is 1.85 bits per heavy atom. The third kappa shape index (κ3) is 5.16. The van der Waals surface area contributed by atoms with E-state index in [-0.39, 0.29) is 45.1 Å². The van der Waals surface area contributed by atoms with E-state index in [0.29, 0.717) is 24.5 Å². The Bertz CT molecular complexity index is 1210. The Labute approximate surface area is 204 Å². The van der Waals surface area contributed by atoms with Crippen molar-refractivity contribution in [2.75, 3.05) is 24.1 Å². The number of urea groups is 1. The number of halogens is 3. The molecule has 4 rings (SSSR count). The number of nitrogen functional groups attached to an aromatic ring is 1. The zero-order chi connectivity index (χ0) is 23.7. The Kier molecular flexibility index (Phi) is 6.64. The van der Waals surface area contributed by atoms with Gasteiger partial charge in [-0.1, -0.05) is 34.8 Å². The van der Waals surface area contributed by atoms with Gasteiger partial charge >= 0.3 is 6.03 Å². The van der Waals surface area contributed by atoms with Crippen LogP contribution in [-0.4, -0.2) is 50.7 Å². The minimum Gasteiger partial charge on any atom is -0.383 e. The van der Waals surface area contributed by atoms with Gasteiger partial charge in [0.05, 0.1) is 27.5 Å². The summed E-state index contributed by atoms with van der Waals surface area (Å²) < 4.78 is 1.66. The number of anilines is 2. The fourth-order valence-corrected chi connectivity index (χ4v) is 4.47. The molecule has 33 heavy (non-hydrogen) atoms. The largest absolute Gasteiger partial charge is 0.383 e. The lowest BCUT2D eigenvalue weighted by atomic mass is 10.1. The van der Waals surface area contributed by atoms with Gasteiger partial charge in [0.15, 0.2) is 0 Å². The quantitative estimate of drug-likeness (QED) is 0.491. The number of hydrogen-bond acceptors (Lipinski definition) is 5. The molecule has 172 valence electrons. The first-order valence-corrected chi connectivity index (χ1v) is 11.1. The van der Waals surface area contributed by atoms with E-state index < -0.39 is 0 Å². The maximum absolute atomic E-state index is 12.9. The van der Waals surface area contributed by atoms with Crippen LogP contribution in [0.3, 0.4) is 0 Å². The lowest BCUT2D eigenvalue weighted by molar-refractivity contribution is 0.0938. The first kappa shape index (κ1) is 23.2. The zero-order valence-corrected chi connectivity index (χ0v) is 19.7. The molecule has 4 N–H and O–H groups in total. The Morgan fingerprint density at radius 3 is 2.52 bits per heavy atom. The molecule has 0 spiro atoms. The van der Waals surface area contributed by atoms with Gasteiger partial charge in [-0.25, -0.2) is 9.78 Å². The van der Waals surface area contributed by atoms with Crippen molar-refractivity contribution in [3.8, 4) is 11.1 Å². The molecule has 0 radical (unpaired) electrons. The van der Waals surface area contributed by atoms with Gasteiger partial charge in [0.2, 0.25) is 0 Å². The number of likely N-dealkylation sites (tertiary alicyclic amines) is 1. The maximum Gasteiger partial charge on any atom is 0.321 e. The first-order chi connectivity index (χ1) is 15.7. The smallest absolute Gasteiger partial charge is 0.321 e. The highest BCUT2D eigenvalue weighted by molar-refractivity contribution is 6.42. The molecule has 1 aliphatic rings. The van der Waals surface area contributed by atoms with Gasteiger partial charge in [-0.3, -0.25) is 9.48 Å². The highest BCUT2D eigenvalue weighted by Gasteiger charge is 2.29. The van der Waals surface area contributed by atoms with Gasteiger partial charge < -0.3 is 21.3 Å². The van der Waals surface area contributed by atoms with Crippen molar-refractivity contribution in [2.24, 2.45) is 7.05 Å². The van der Waals surface area contributed by atoms with E-state index in [9.17, 15) is 9.59 Å². The summed E-state index contributed by atoms with van der Waals surface area (Å²) in [6.07, 6.45) is 5.68. The van der Waals surface area contributed by atoms with Crippen molar-refractivity contribution in [1.29, 1.82) is 0 Å². The summed E-state index contributed by atoms with van der Waals surface area (Å²) in [5.74, 6) is -0.235. The molecule has 1 aliphatic heterocycles. The molecule has 9 nitrogen and oxygen atoms in total. The van der Waals surface area contributed by atoms with Crippen LogP contribution in [-0.2, 0) is 7.05 Å². The molecule has 0 bridgehead atoms. The summed E-state index contributed by atoms with van der Waals surface area (Å²) in [5, 5.41) is 10.6. The number of hydrogen-bond donors (Lipinski definition) is 3. The number of amides is 3. The molecule has 3 amide bonds. The number of nitrogens with zero attached hydrogens (tertiary/aromatic N) is 4. The Balaban J connectivity index is 1.40. The number of rotatable bonds is 4. The number of carbonyl (C=O) groups is 2. The number of pyridine rings is 1. The molecule has 1 fully saturated rings. The highest BCUT2D eigenvalue weighted by atomic mass is 35.5. The van der Waals surface area contributed by atoms with E-state index in [2.05, 4.69) is 20.7 Å². The summed E-state index contributed by atoms with van der Waals surface area (Å²) in [4.78, 5) is 31.3. The maximum atomic E-state index is 12.9. The van der Waals surface area contributed by atoms with Gasteiger partial charge in [-0.05, 0) is 24.6 Å². The van der Waals surface area contributed by atoms with Crippen LogP contribution >= 0.6 is 34.8 Å². The Morgan fingerprint density at radius 1 is 1.12 bits per heavy atom. The van der Waals surface area contributed by atoms with Gasteiger partial charge in [0.25, 0.3) is 5.91 Å². The van der Waals surface area contributed by atoms with Crippen molar-refractivity contribution in [2.45, 2.75) is 12.5 Å². The molecule has 0 aliphatic carbocycles. The van der Waals surface area contributed by atoms with Crippen molar-refractivity contribution >= 4 is 58.2 Å². The normalized spacial score (nSPS) is 15.5. The van der Waals surface area contributed by atoms with Gasteiger partial charge in [-0.2, -0.15) is 5.10 Å². The number of benzene rings is 1. The number of aromatic nitrogens is 3. The van der Waals surface area contributed by atoms with Crippen LogP contribution in [0.25, 0.3) is 11.1 Å². The summed E-state index contributed by atoms with van der Waals surface area (Å²) in [6.45, 7) is 0.763. The number of nitrogens with two attached hydrogens (primary N) is 1. The van der Waals surface area contributed by atoms with Crippen molar-refractivity contribution in [3.05, 3.63) is 57.4 Å². The summed E-state index contributed by atoms with van der Waals surface area (Å²) in [7, 11) is 1.80. The van der Waals surface area contributed by atoms with Gasteiger partial charge in [0.1, 0.15) is 5.82 Å². The third-order valence-corrected chi connectivity index (χ3v) is 6.07. The van der Waals surface area contributed by atoms with Crippen LogP contribution in [0, 0.1) is 0 Å². The first-order valence-electron chi connectivity index (χ1n) is 9.97. The average Bonchev–Trinajstić information content (AvgIpc) is 3.40. The lowest BCUT2D eigenvalue weighted by Gasteiger charge is -2.19. The van der Waals surface area contributed by atoms with Crippen LogP contribution in [0.1, 0.15) is 16.8 Å². The molecule has 1 atom stereocenters. The molecule has 12 heteroatoms. The monoisotopic (exact) mass is 507 g/mol. The lowest BCUT2D eigenvalue weighted by Crippen LogP contribution is -2.40. The van der Waals surface area contributed by atoms with E-state index in [1.807, 2.05) is 6.20 Å². The summed E-state index contributed by atoms with van der Waals surface area (Å²) in [6, 6.07) is 4.04. The van der Waals surface area contributed by atoms with Crippen LogP contribution in [0.5, 0.6) is 0 Å². The molecular weight excluding hydrogens is 489 g/mol. The third-order valence-electron chi connectivity index (χ3n) is 5.25. The van der Waals surface area contributed by atoms with E-state index in [4.69, 9.17) is 40.5 Å². The molecular formula is C21H20Cl3N7O2. The Hall–Kier alpha value is -3.01. The van der Waals surface area contributed by atoms with Crippen LogP contribution < -0.4 is 16.4 Å². The van der Waals surface area contributed by atoms with E-state index in [1.54, 1.807) is 35.1 Å². The summed E-state index contributed by atoms with van der Waals surface area (Å²) >= 11 is 18.2. The summed E-state index contributed by atoms with van der Waals surface area (Å²) in [5.41, 5.74) is 8.04. The van der Waals surface area contributed by atoms with Gasteiger partial charge in [0, 0.05) is 54.7 Å². The van der Waals surface area contributed by atoms with E-state index in [0.717, 1.165) is 11.1 Å². The predicted octanol–water partition coefficient (Wildman–Crippen LogP) is 4.06. The molecule has 2 aromatic heterocycles.